The molecule has 22 heavy (non-hydrogen) atoms. The molecule has 0 fully saturated rings. The third-order valence-electron chi connectivity index (χ3n) is 2.81. The molecule has 0 aliphatic carbocycles. The van der Waals surface area contributed by atoms with Gasteiger partial charge < -0.3 is 9.84 Å². The molecule has 1 N–H and O–H groups in total. The van der Waals surface area contributed by atoms with Crippen molar-refractivity contribution in [3.05, 3.63) is 46.4 Å². The maximum absolute atomic E-state index is 12.5. The maximum Gasteiger partial charge on any atom is 0.206 e. The molecule has 0 radical (unpaired) electrons. The van der Waals surface area contributed by atoms with Gasteiger partial charge in [-0.1, -0.05) is 23.2 Å². The van der Waals surface area contributed by atoms with Gasteiger partial charge in [0.05, 0.1) is 25.9 Å². The number of hydrogen-bond donors (Lipinski definition) is 1. The summed E-state index contributed by atoms with van der Waals surface area (Å²) in [7, 11) is -3.78. The zero-order chi connectivity index (χ0) is 16.5. The molecule has 4 nitrogen and oxygen atoms in total. The van der Waals surface area contributed by atoms with Gasteiger partial charge in [0, 0.05) is 0 Å². The van der Waals surface area contributed by atoms with E-state index in [4.69, 9.17) is 27.9 Å². The van der Waals surface area contributed by atoms with Crippen molar-refractivity contribution in [3.63, 3.8) is 0 Å². The van der Waals surface area contributed by atoms with Crippen LogP contribution < -0.4 is 4.74 Å². The summed E-state index contributed by atoms with van der Waals surface area (Å²) >= 11 is 11.6. The Balaban J connectivity index is 2.42. The number of rotatable bonds is 4. The van der Waals surface area contributed by atoms with Crippen LogP contribution in [0.2, 0.25) is 10.0 Å². The number of ether oxygens (including phenoxy) is 1. The minimum Gasteiger partial charge on any atom is -0.505 e. The fraction of sp³-hybridized carbons (Fsp3) is 0.200. The Morgan fingerprint density at radius 1 is 1.00 bits per heavy atom. The largest absolute Gasteiger partial charge is 0.505 e. The molecule has 7 heteroatoms. The van der Waals surface area contributed by atoms with Crippen molar-refractivity contribution < 1.29 is 18.3 Å². The Morgan fingerprint density at radius 3 is 1.95 bits per heavy atom. The molecule has 118 valence electrons. The van der Waals surface area contributed by atoms with Crippen LogP contribution in [-0.4, -0.2) is 19.6 Å². The molecule has 2 rings (SSSR count). The molecule has 0 unspecified atom stereocenters. The fourth-order valence-electron chi connectivity index (χ4n) is 1.80. The molecule has 0 amide bonds. The number of sulfone groups is 1. The Labute approximate surface area is 139 Å². The van der Waals surface area contributed by atoms with E-state index < -0.39 is 9.84 Å². The van der Waals surface area contributed by atoms with E-state index in [9.17, 15) is 13.5 Å². The van der Waals surface area contributed by atoms with Gasteiger partial charge in [-0.2, -0.15) is 0 Å². The van der Waals surface area contributed by atoms with Gasteiger partial charge in [0.1, 0.15) is 5.75 Å². The third kappa shape index (κ3) is 3.48. The molecule has 0 aliphatic rings. The predicted octanol–water partition coefficient (Wildman–Crippen LogP) is 4.32. The number of halogens is 2. The van der Waals surface area contributed by atoms with E-state index in [1.807, 2.05) is 13.8 Å². The molecule has 2 aromatic rings. The molecule has 0 saturated heterocycles. The topological polar surface area (TPSA) is 63.6 Å². The third-order valence-corrected chi connectivity index (χ3v) is 5.13. The quantitative estimate of drug-likeness (QED) is 0.881. The predicted molar refractivity (Wildman–Crippen MR) is 85.8 cm³/mol. The lowest BCUT2D eigenvalue weighted by molar-refractivity contribution is 0.242. The SMILES string of the molecule is CC(C)Oc1ccc(S(=O)(=O)c2cc(Cl)c(O)c(Cl)c2)cc1. The highest BCUT2D eigenvalue weighted by molar-refractivity contribution is 7.91. The van der Waals surface area contributed by atoms with Crippen LogP contribution >= 0.6 is 23.2 Å². The van der Waals surface area contributed by atoms with E-state index in [0.29, 0.717) is 5.75 Å². The summed E-state index contributed by atoms with van der Waals surface area (Å²) in [4.78, 5) is -0.000688. The summed E-state index contributed by atoms with van der Waals surface area (Å²) < 4.78 is 30.6. The Hall–Kier alpha value is -1.43. The molecular weight excluding hydrogens is 347 g/mol. The summed E-state index contributed by atoms with van der Waals surface area (Å²) in [5.41, 5.74) is 0. The van der Waals surface area contributed by atoms with E-state index in [-0.39, 0.29) is 31.7 Å². The Kier molecular flexibility index (Phi) is 4.90. The number of hydrogen-bond acceptors (Lipinski definition) is 4. The number of aromatic hydroxyl groups is 1. The van der Waals surface area contributed by atoms with Crippen LogP contribution in [0, 0.1) is 0 Å². The van der Waals surface area contributed by atoms with Crippen molar-refractivity contribution in [2.45, 2.75) is 29.7 Å². The van der Waals surface area contributed by atoms with Crippen LogP contribution in [-0.2, 0) is 9.84 Å². The maximum atomic E-state index is 12.5. The van der Waals surface area contributed by atoms with Gasteiger partial charge in [-0.05, 0) is 50.2 Å². The lowest BCUT2D eigenvalue weighted by Crippen LogP contribution is -2.06. The lowest BCUT2D eigenvalue weighted by atomic mass is 10.3. The summed E-state index contributed by atoms with van der Waals surface area (Å²) in [6, 6.07) is 8.38. The first-order valence-corrected chi connectivity index (χ1v) is 8.65. The highest BCUT2D eigenvalue weighted by Gasteiger charge is 2.21. The van der Waals surface area contributed by atoms with Gasteiger partial charge in [-0.25, -0.2) is 8.42 Å². The monoisotopic (exact) mass is 360 g/mol. The van der Waals surface area contributed by atoms with Crippen LogP contribution in [0.25, 0.3) is 0 Å². The molecule has 0 heterocycles. The molecular formula is C15H14Cl2O4S. The van der Waals surface area contributed by atoms with Gasteiger partial charge in [-0.3, -0.25) is 0 Å². The molecule has 0 bridgehead atoms. The average Bonchev–Trinajstić information content (AvgIpc) is 2.44. The van der Waals surface area contributed by atoms with E-state index in [1.54, 1.807) is 12.1 Å². The minimum absolute atomic E-state index is 0.00262. The van der Waals surface area contributed by atoms with Gasteiger partial charge in [-0.15, -0.1) is 0 Å². The van der Waals surface area contributed by atoms with E-state index >= 15 is 0 Å². The van der Waals surface area contributed by atoms with Crippen LogP contribution in [0.15, 0.2) is 46.2 Å². The molecule has 2 aromatic carbocycles. The molecule has 0 aliphatic heterocycles. The first kappa shape index (κ1) is 16.9. The van der Waals surface area contributed by atoms with Crippen molar-refractivity contribution in [3.8, 4) is 11.5 Å². The zero-order valence-corrected chi connectivity index (χ0v) is 14.2. The van der Waals surface area contributed by atoms with Gasteiger partial charge >= 0.3 is 0 Å². The highest BCUT2D eigenvalue weighted by Crippen LogP contribution is 2.36. The second-order valence-electron chi connectivity index (χ2n) is 4.88. The van der Waals surface area contributed by atoms with E-state index in [0.717, 1.165) is 12.1 Å². The first-order valence-electron chi connectivity index (χ1n) is 6.41. The summed E-state index contributed by atoms with van der Waals surface area (Å²) in [6.45, 7) is 3.76. The Bertz CT molecular complexity index is 761. The van der Waals surface area contributed by atoms with E-state index in [2.05, 4.69) is 0 Å². The van der Waals surface area contributed by atoms with Gasteiger partial charge in [0.15, 0.2) is 5.75 Å². The van der Waals surface area contributed by atoms with Crippen LogP contribution in [0.3, 0.4) is 0 Å². The molecule has 0 spiro atoms. The van der Waals surface area contributed by atoms with Crippen LogP contribution in [0.5, 0.6) is 11.5 Å². The number of benzene rings is 2. The van der Waals surface area contributed by atoms with Crippen LogP contribution in [0.1, 0.15) is 13.8 Å². The van der Waals surface area contributed by atoms with E-state index in [1.165, 1.54) is 12.1 Å². The lowest BCUT2D eigenvalue weighted by Gasteiger charge is -2.11. The smallest absolute Gasteiger partial charge is 0.206 e. The summed E-state index contributed by atoms with van der Waals surface area (Å²) in [6.07, 6.45) is -0.00262. The minimum atomic E-state index is -3.78. The highest BCUT2D eigenvalue weighted by atomic mass is 35.5. The second kappa shape index (κ2) is 6.36. The number of phenolic OH excluding ortho intramolecular Hbond substituents is 1. The van der Waals surface area contributed by atoms with Crippen molar-refractivity contribution in [1.29, 1.82) is 0 Å². The standard InChI is InChI=1S/C15H14Cl2O4S/c1-9(2)21-10-3-5-11(6-4-10)22(19,20)12-7-13(16)15(18)14(17)8-12/h3-9,18H,1-2H3. The number of phenols is 1. The van der Waals surface area contributed by atoms with Crippen molar-refractivity contribution >= 4 is 33.0 Å². The van der Waals surface area contributed by atoms with Gasteiger partial charge in [0.2, 0.25) is 9.84 Å². The van der Waals surface area contributed by atoms with Crippen molar-refractivity contribution in [1.82, 2.24) is 0 Å². The first-order chi connectivity index (χ1) is 10.2. The molecule has 0 saturated carbocycles. The fourth-order valence-corrected chi connectivity index (χ4v) is 3.73. The average molecular weight is 361 g/mol. The van der Waals surface area contributed by atoms with Gasteiger partial charge in [0.25, 0.3) is 0 Å². The second-order valence-corrected chi connectivity index (χ2v) is 7.64. The summed E-state index contributed by atoms with van der Waals surface area (Å²) in [5.74, 6) is 0.235. The molecule has 0 atom stereocenters. The van der Waals surface area contributed by atoms with Crippen LogP contribution in [0.4, 0.5) is 0 Å². The summed E-state index contributed by atoms with van der Waals surface area (Å²) in [5, 5.41) is 9.27. The Morgan fingerprint density at radius 2 is 1.50 bits per heavy atom. The normalized spacial score (nSPS) is 11.7. The molecule has 0 aromatic heterocycles. The van der Waals surface area contributed by atoms with Crippen molar-refractivity contribution in [2.75, 3.05) is 0 Å². The van der Waals surface area contributed by atoms with Crippen molar-refractivity contribution in [2.24, 2.45) is 0 Å². The zero-order valence-electron chi connectivity index (χ0n) is 11.9.